The van der Waals surface area contributed by atoms with E-state index in [1.54, 1.807) is 0 Å². The van der Waals surface area contributed by atoms with Crippen LogP contribution in [-0.4, -0.2) is 35.7 Å². The zero-order valence-electron chi connectivity index (χ0n) is 10.5. The minimum Gasteiger partial charge on any atom is -0.375 e. The zero-order valence-corrected chi connectivity index (χ0v) is 10.5. The average Bonchev–Trinajstić information content (AvgIpc) is 2.98. The van der Waals surface area contributed by atoms with Crippen molar-refractivity contribution >= 4 is 0 Å². The van der Waals surface area contributed by atoms with E-state index >= 15 is 0 Å². The lowest BCUT2D eigenvalue weighted by Gasteiger charge is -2.42. The van der Waals surface area contributed by atoms with E-state index in [1.165, 1.54) is 38.5 Å². The lowest BCUT2D eigenvalue weighted by molar-refractivity contribution is -0.101. The second kappa shape index (κ2) is 4.59. The highest BCUT2D eigenvalue weighted by molar-refractivity contribution is 5.02. The highest BCUT2D eigenvalue weighted by Crippen LogP contribution is 2.42. The normalized spacial score (nSPS) is 37.4. The molecule has 1 spiro atoms. The van der Waals surface area contributed by atoms with Gasteiger partial charge in [0.25, 0.3) is 0 Å². The summed E-state index contributed by atoms with van der Waals surface area (Å²) in [6.07, 6.45) is 9.71. The Morgan fingerprint density at radius 1 is 1.18 bits per heavy atom. The maximum Gasteiger partial charge on any atom is 0.0980 e. The van der Waals surface area contributed by atoms with Gasteiger partial charge in [0.2, 0.25) is 0 Å². The Bertz CT molecular complexity index is 317. The Morgan fingerprint density at radius 2 is 2.00 bits per heavy atom. The van der Waals surface area contributed by atoms with Gasteiger partial charge >= 0.3 is 0 Å². The average molecular weight is 234 g/mol. The molecule has 3 fully saturated rings. The first-order chi connectivity index (χ1) is 8.33. The van der Waals surface area contributed by atoms with Crippen LogP contribution in [0.1, 0.15) is 51.4 Å². The largest absolute Gasteiger partial charge is 0.375 e. The van der Waals surface area contributed by atoms with Crippen molar-refractivity contribution < 1.29 is 4.74 Å². The zero-order chi connectivity index (χ0) is 11.7. The van der Waals surface area contributed by atoms with Gasteiger partial charge in [0.05, 0.1) is 17.7 Å². The number of ether oxygens (including phenoxy) is 1. The van der Waals surface area contributed by atoms with Crippen LogP contribution in [0.15, 0.2) is 0 Å². The van der Waals surface area contributed by atoms with Crippen molar-refractivity contribution in [1.82, 2.24) is 4.90 Å². The van der Waals surface area contributed by atoms with E-state index < -0.39 is 0 Å². The molecule has 3 aliphatic rings. The van der Waals surface area contributed by atoms with Gasteiger partial charge in [0.1, 0.15) is 0 Å². The van der Waals surface area contributed by atoms with Crippen LogP contribution in [0.4, 0.5) is 0 Å². The number of nitrogens with zero attached hydrogens (tertiary/aromatic N) is 2. The molecular weight excluding hydrogens is 212 g/mol. The highest BCUT2D eigenvalue weighted by atomic mass is 16.5. The number of likely N-dealkylation sites (tertiary alicyclic amines) is 1. The van der Waals surface area contributed by atoms with Crippen LogP contribution in [0.2, 0.25) is 0 Å². The third-order valence-corrected chi connectivity index (χ3v) is 4.89. The van der Waals surface area contributed by atoms with Crippen molar-refractivity contribution in [3.63, 3.8) is 0 Å². The molecule has 17 heavy (non-hydrogen) atoms. The monoisotopic (exact) mass is 234 g/mol. The second-order valence-electron chi connectivity index (χ2n) is 5.91. The Morgan fingerprint density at radius 3 is 2.76 bits per heavy atom. The molecule has 0 aromatic carbocycles. The van der Waals surface area contributed by atoms with Crippen molar-refractivity contribution in [2.75, 3.05) is 13.2 Å². The van der Waals surface area contributed by atoms with E-state index in [2.05, 4.69) is 11.0 Å². The molecule has 0 amide bonds. The fourth-order valence-electron chi connectivity index (χ4n) is 4.02. The third kappa shape index (κ3) is 2.09. The predicted octanol–water partition coefficient (Wildman–Crippen LogP) is 2.47. The van der Waals surface area contributed by atoms with Crippen LogP contribution in [0.3, 0.4) is 0 Å². The van der Waals surface area contributed by atoms with E-state index in [0.717, 1.165) is 26.0 Å². The Labute approximate surface area is 104 Å². The van der Waals surface area contributed by atoms with Gasteiger partial charge in [-0.15, -0.1) is 0 Å². The van der Waals surface area contributed by atoms with Gasteiger partial charge in [-0.05, 0) is 45.1 Å². The summed E-state index contributed by atoms with van der Waals surface area (Å²) in [4.78, 5) is 2.46. The van der Waals surface area contributed by atoms with Crippen molar-refractivity contribution in [3.05, 3.63) is 0 Å². The molecule has 2 atom stereocenters. The van der Waals surface area contributed by atoms with E-state index in [0.29, 0.717) is 6.04 Å². The molecule has 3 heteroatoms. The summed E-state index contributed by atoms with van der Waals surface area (Å²) >= 11 is 0. The number of hydrogen-bond acceptors (Lipinski definition) is 3. The molecule has 2 aliphatic heterocycles. The van der Waals surface area contributed by atoms with Crippen LogP contribution in [0, 0.1) is 11.3 Å². The molecule has 2 heterocycles. The summed E-state index contributed by atoms with van der Waals surface area (Å²) in [5.74, 6) is 0. The summed E-state index contributed by atoms with van der Waals surface area (Å²) in [6, 6.07) is 3.26. The first-order valence-electron chi connectivity index (χ1n) is 7.12. The second-order valence-corrected chi connectivity index (χ2v) is 5.91. The third-order valence-electron chi connectivity index (χ3n) is 4.89. The fraction of sp³-hybridized carbons (Fsp3) is 0.929. The van der Waals surface area contributed by atoms with Crippen LogP contribution in [-0.2, 0) is 4.74 Å². The SMILES string of the molecule is N#CC1CCCN1C1CCOC2(CCCC2)C1. The van der Waals surface area contributed by atoms with E-state index in [9.17, 15) is 5.26 Å². The van der Waals surface area contributed by atoms with Gasteiger partial charge in [-0.3, -0.25) is 4.90 Å². The lowest BCUT2D eigenvalue weighted by atomic mass is 9.88. The molecule has 94 valence electrons. The molecule has 0 aromatic rings. The molecule has 3 nitrogen and oxygen atoms in total. The molecule has 3 rings (SSSR count). The molecule has 1 saturated carbocycles. The van der Waals surface area contributed by atoms with E-state index in [4.69, 9.17) is 4.74 Å². The standard InChI is InChI=1S/C14H22N2O/c15-11-13-4-3-8-16(13)12-5-9-17-14(10-12)6-1-2-7-14/h12-13H,1-10H2. The maximum absolute atomic E-state index is 9.20. The van der Waals surface area contributed by atoms with E-state index in [1.807, 2.05) is 0 Å². The fourth-order valence-corrected chi connectivity index (χ4v) is 4.02. The number of rotatable bonds is 1. The highest BCUT2D eigenvalue weighted by Gasteiger charge is 2.43. The van der Waals surface area contributed by atoms with Gasteiger partial charge in [-0.25, -0.2) is 0 Å². The van der Waals surface area contributed by atoms with Crippen molar-refractivity contribution in [2.24, 2.45) is 0 Å². The van der Waals surface area contributed by atoms with Crippen molar-refractivity contribution in [2.45, 2.75) is 69.1 Å². The summed E-state index contributed by atoms with van der Waals surface area (Å²) in [6.45, 7) is 2.03. The molecule has 1 aliphatic carbocycles. The maximum atomic E-state index is 9.20. The first kappa shape index (κ1) is 11.5. The van der Waals surface area contributed by atoms with Crippen molar-refractivity contribution in [1.29, 1.82) is 5.26 Å². The van der Waals surface area contributed by atoms with Gasteiger partial charge in [-0.2, -0.15) is 5.26 Å². The van der Waals surface area contributed by atoms with Gasteiger partial charge in [-0.1, -0.05) is 12.8 Å². The Balaban J connectivity index is 1.69. The Kier molecular flexibility index (Phi) is 3.10. The van der Waals surface area contributed by atoms with Gasteiger partial charge in [0.15, 0.2) is 0 Å². The molecular formula is C14H22N2O. The molecule has 0 bridgehead atoms. The van der Waals surface area contributed by atoms with Crippen LogP contribution in [0.5, 0.6) is 0 Å². The summed E-state index contributed by atoms with van der Waals surface area (Å²) < 4.78 is 6.08. The quantitative estimate of drug-likeness (QED) is 0.699. The van der Waals surface area contributed by atoms with Crippen LogP contribution in [0.25, 0.3) is 0 Å². The molecule has 2 saturated heterocycles. The molecule has 2 unspecified atom stereocenters. The van der Waals surface area contributed by atoms with Crippen molar-refractivity contribution in [3.8, 4) is 6.07 Å². The van der Waals surface area contributed by atoms with Crippen LogP contribution >= 0.6 is 0 Å². The lowest BCUT2D eigenvalue weighted by Crippen LogP contribution is -2.48. The topological polar surface area (TPSA) is 36.3 Å². The number of hydrogen-bond donors (Lipinski definition) is 0. The smallest absolute Gasteiger partial charge is 0.0980 e. The summed E-state index contributed by atoms with van der Waals surface area (Å²) in [7, 11) is 0. The van der Waals surface area contributed by atoms with Gasteiger partial charge in [0, 0.05) is 12.6 Å². The summed E-state index contributed by atoms with van der Waals surface area (Å²) in [5, 5.41) is 9.20. The van der Waals surface area contributed by atoms with Crippen LogP contribution < -0.4 is 0 Å². The molecule has 0 radical (unpaired) electrons. The van der Waals surface area contributed by atoms with Gasteiger partial charge < -0.3 is 4.74 Å². The van der Waals surface area contributed by atoms with E-state index in [-0.39, 0.29) is 11.6 Å². The minimum absolute atomic E-state index is 0.177. The molecule has 0 aromatic heterocycles. The first-order valence-corrected chi connectivity index (χ1v) is 7.12. The predicted molar refractivity (Wildman–Crippen MR) is 65.5 cm³/mol. The minimum atomic E-state index is 0.177. The molecule has 0 N–H and O–H groups in total. The summed E-state index contributed by atoms with van der Waals surface area (Å²) in [5.41, 5.74) is 0.186. The Hall–Kier alpha value is -0.590. The number of nitriles is 1.